The van der Waals surface area contributed by atoms with Crippen LogP contribution in [-0.4, -0.2) is 34.8 Å². The van der Waals surface area contributed by atoms with Gasteiger partial charge in [-0.05, 0) is 25.7 Å². The van der Waals surface area contributed by atoms with Crippen LogP contribution in [0.4, 0.5) is 0 Å². The van der Waals surface area contributed by atoms with E-state index >= 15 is 0 Å². The SMILES string of the molecule is O=C([O-])CCCCC(=O)[O-].[Al+3].[OH-]. The Bertz CT molecular complexity index is 120. The van der Waals surface area contributed by atoms with Crippen molar-refractivity contribution in [1.29, 1.82) is 0 Å². The molecule has 0 amide bonds. The van der Waals surface area contributed by atoms with Gasteiger partial charge in [-0.3, -0.25) is 0 Å². The first-order valence-electron chi connectivity index (χ1n) is 3.02. The number of hydrogen-bond donors (Lipinski definition) is 0. The van der Waals surface area contributed by atoms with Crippen LogP contribution in [0.25, 0.3) is 0 Å². The molecule has 66 valence electrons. The van der Waals surface area contributed by atoms with Crippen LogP contribution >= 0.6 is 0 Å². The van der Waals surface area contributed by atoms with Crippen molar-refractivity contribution in [3.63, 3.8) is 0 Å². The molecule has 0 aromatic carbocycles. The molecule has 0 saturated heterocycles. The number of rotatable bonds is 5. The van der Waals surface area contributed by atoms with E-state index in [-0.39, 0.29) is 35.7 Å². The Morgan fingerprint density at radius 2 is 1.17 bits per heavy atom. The topological polar surface area (TPSA) is 110 Å². The number of hydrogen-bond acceptors (Lipinski definition) is 5. The van der Waals surface area contributed by atoms with Gasteiger partial charge in [-0.25, -0.2) is 0 Å². The Balaban J connectivity index is -0.000000405. The van der Waals surface area contributed by atoms with E-state index in [1.807, 2.05) is 0 Å². The molecule has 0 fully saturated rings. The molecule has 0 bridgehead atoms. The fraction of sp³-hybridized carbons (Fsp3) is 0.667. The molecule has 0 aromatic rings. The first-order chi connectivity index (χ1) is 4.63. The summed E-state index contributed by atoms with van der Waals surface area (Å²) in [6.07, 6.45) is 0.535. The standard InChI is InChI=1S/C6H10O4.Al.H2O/c7-5(8)3-1-2-4-6(9)10;;/h1-4H2,(H,7,8)(H,9,10);;1H2/q;+3;/p-3. The number of unbranched alkanes of at least 4 members (excludes halogenated alkanes) is 1. The Hall–Kier alpha value is -0.568. The summed E-state index contributed by atoms with van der Waals surface area (Å²) in [5.41, 5.74) is 0. The molecular weight excluding hydrogens is 179 g/mol. The maximum absolute atomic E-state index is 9.77. The van der Waals surface area contributed by atoms with Gasteiger partial charge in [0.25, 0.3) is 0 Å². The molecule has 0 rings (SSSR count). The normalized spacial score (nSPS) is 7.67. The molecule has 6 heteroatoms. The van der Waals surface area contributed by atoms with Crippen LogP contribution in [0.3, 0.4) is 0 Å². The van der Waals surface area contributed by atoms with E-state index in [2.05, 4.69) is 0 Å². The van der Waals surface area contributed by atoms with Gasteiger partial charge in [0.15, 0.2) is 0 Å². The summed E-state index contributed by atoms with van der Waals surface area (Å²) >= 11 is 0. The largest absolute Gasteiger partial charge is 3.00 e. The molecule has 12 heavy (non-hydrogen) atoms. The molecule has 0 radical (unpaired) electrons. The van der Waals surface area contributed by atoms with Gasteiger partial charge in [-0.1, -0.05) is 0 Å². The summed E-state index contributed by atoms with van der Waals surface area (Å²) < 4.78 is 0. The second-order valence-electron chi connectivity index (χ2n) is 1.95. The molecular formula is C6H9AlO5. The predicted molar refractivity (Wildman–Crippen MR) is 36.2 cm³/mol. The summed E-state index contributed by atoms with van der Waals surface area (Å²) in [5, 5.41) is 19.5. The molecule has 0 aliphatic rings. The summed E-state index contributed by atoms with van der Waals surface area (Å²) in [7, 11) is 0. The third-order valence-electron chi connectivity index (χ3n) is 1.01. The third kappa shape index (κ3) is 16.2. The zero-order valence-corrected chi connectivity index (χ0v) is 7.64. The van der Waals surface area contributed by atoms with Crippen LogP contribution in [0.5, 0.6) is 0 Å². The first-order valence-corrected chi connectivity index (χ1v) is 3.02. The molecule has 0 aromatic heterocycles. The van der Waals surface area contributed by atoms with Crippen LogP contribution in [0.1, 0.15) is 25.7 Å². The Morgan fingerprint density at radius 1 is 0.917 bits per heavy atom. The smallest absolute Gasteiger partial charge is 0.870 e. The monoisotopic (exact) mass is 188 g/mol. The maximum Gasteiger partial charge on any atom is 3.00 e. The van der Waals surface area contributed by atoms with E-state index in [1.54, 1.807) is 0 Å². The third-order valence-corrected chi connectivity index (χ3v) is 1.01. The van der Waals surface area contributed by atoms with Gasteiger partial charge < -0.3 is 25.3 Å². The number of carbonyl (C=O) groups excluding carboxylic acids is 2. The summed E-state index contributed by atoms with van der Waals surface area (Å²) in [6.45, 7) is 0. The Morgan fingerprint density at radius 3 is 1.33 bits per heavy atom. The fourth-order valence-electron chi connectivity index (χ4n) is 0.539. The minimum atomic E-state index is -1.14. The van der Waals surface area contributed by atoms with Crippen molar-refractivity contribution in [3.05, 3.63) is 0 Å². The number of carbonyl (C=O) groups is 2. The predicted octanol–water partition coefficient (Wildman–Crippen LogP) is -2.51. The van der Waals surface area contributed by atoms with E-state index in [0.29, 0.717) is 12.8 Å². The molecule has 0 saturated carbocycles. The molecule has 0 aliphatic heterocycles. The van der Waals surface area contributed by atoms with Crippen molar-refractivity contribution in [2.45, 2.75) is 25.7 Å². The number of carboxylic acids is 2. The van der Waals surface area contributed by atoms with Crippen LogP contribution in [0, 0.1) is 0 Å². The van der Waals surface area contributed by atoms with Gasteiger partial charge in [-0.2, -0.15) is 0 Å². The van der Waals surface area contributed by atoms with Crippen molar-refractivity contribution in [2.75, 3.05) is 0 Å². The molecule has 0 aliphatic carbocycles. The second kappa shape index (κ2) is 10.4. The first kappa shape index (κ1) is 17.5. The average molecular weight is 188 g/mol. The van der Waals surface area contributed by atoms with Crippen LogP contribution < -0.4 is 10.2 Å². The van der Waals surface area contributed by atoms with Gasteiger partial charge in [0.05, 0.1) is 0 Å². The van der Waals surface area contributed by atoms with Crippen LogP contribution in [-0.2, 0) is 9.59 Å². The summed E-state index contributed by atoms with van der Waals surface area (Å²) in [5.74, 6) is -2.28. The summed E-state index contributed by atoms with van der Waals surface area (Å²) in [4.78, 5) is 19.5. The Labute approximate surface area is 80.8 Å². The van der Waals surface area contributed by atoms with Gasteiger partial charge in [0.1, 0.15) is 0 Å². The van der Waals surface area contributed by atoms with E-state index in [1.165, 1.54) is 0 Å². The van der Waals surface area contributed by atoms with E-state index in [0.717, 1.165) is 0 Å². The fourth-order valence-corrected chi connectivity index (χ4v) is 0.539. The zero-order valence-electron chi connectivity index (χ0n) is 6.49. The van der Waals surface area contributed by atoms with Crippen molar-refractivity contribution in [3.8, 4) is 0 Å². The average Bonchev–Trinajstić information content (AvgIpc) is 1.79. The minimum Gasteiger partial charge on any atom is -0.870 e. The molecule has 0 atom stereocenters. The Kier molecular flexibility index (Phi) is 15.2. The molecule has 1 N–H and O–H groups in total. The zero-order chi connectivity index (χ0) is 7.98. The summed E-state index contributed by atoms with van der Waals surface area (Å²) in [6, 6.07) is 0. The van der Waals surface area contributed by atoms with Crippen molar-refractivity contribution >= 4 is 29.3 Å². The van der Waals surface area contributed by atoms with Crippen LogP contribution in [0.2, 0.25) is 0 Å². The molecule has 0 heterocycles. The quantitative estimate of drug-likeness (QED) is 0.349. The molecule has 0 spiro atoms. The van der Waals surface area contributed by atoms with Crippen LogP contribution in [0.15, 0.2) is 0 Å². The van der Waals surface area contributed by atoms with Gasteiger partial charge in [-0.15, -0.1) is 0 Å². The van der Waals surface area contributed by atoms with Gasteiger partial charge >= 0.3 is 17.4 Å². The molecule has 0 unspecified atom stereocenters. The molecule has 5 nitrogen and oxygen atoms in total. The van der Waals surface area contributed by atoms with E-state index in [9.17, 15) is 19.8 Å². The number of aliphatic carboxylic acids is 2. The number of carboxylic acid groups (broad SMARTS) is 2. The van der Waals surface area contributed by atoms with Gasteiger partial charge in [0.2, 0.25) is 0 Å². The van der Waals surface area contributed by atoms with Gasteiger partial charge in [0, 0.05) is 11.9 Å². The van der Waals surface area contributed by atoms with E-state index in [4.69, 9.17) is 0 Å². The minimum absolute atomic E-state index is 0. The van der Waals surface area contributed by atoms with Crippen molar-refractivity contribution in [1.82, 2.24) is 0 Å². The van der Waals surface area contributed by atoms with Crippen molar-refractivity contribution < 1.29 is 25.3 Å². The maximum atomic E-state index is 9.77. The second-order valence-corrected chi connectivity index (χ2v) is 1.95. The van der Waals surface area contributed by atoms with Crippen molar-refractivity contribution in [2.24, 2.45) is 0 Å². The van der Waals surface area contributed by atoms with E-state index < -0.39 is 11.9 Å².